The minimum atomic E-state index is 0.316. The first-order valence-electron chi connectivity index (χ1n) is 6.34. The van der Waals surface area contributed by atoms with Gasteiger partial charge in [-0.05, 0) is 33.0 Å². The van der Waals surface area contributed by atoms with E-state index in [1.807, 2.05) is 13.1 Å². The number of anilines is 3. The molecule has 0 aliphatic carbocycles. The van der Waals surface area contributed by atoms with Crippen LogP contribution in [0, 0.1) is 0 Å². The summed E-state index contributed by atoms with van der Waals surface area (Å²) < 4.78 is 0. The molecule has 1 aliphatic heterocycles. The number of nitrogens with one attached hydrogen (secondary N) is 1. The Labute approximate surface area is 108 Å². The predicted molar refractivity (Wildman–Crippen MR) is 74.9 cm³/mol. The highest BCUT2D eigenvalue weighted by Gasteiger charge is 2.22. The molecule has 0 amide bonds. The number of hydrogen-bond donors (Lipinski definition) is 2. The van der Waals surface area contributed by atoms with E-state index < -0.39 is 0 Å². The average Bonchev–Trinajstić information content (AvgIpc) is 2.38. The molecule has 6 heteroatoms. The molecule has 0 unspecified atom stereocenters. The molecule has 18 heavy (non-hydrogen) atoms. The van der Waals surface area contributed by atoms with Crippen molar-refractivity contribution in [3.05, 3.63) is 6.07 Å². The molecular formula is C12H22N6. The van der Waals surface area contributed by atoms with Crippen LogP contribution >= 0.6 is 0 Å². The fraction of sp³-hybridized carbons (Fsp3) is 0.667. The van der Waals surface area contributed by atoms with Gasteiger partial charge in [0.25, 0.3) is 0 Å². The number of hydrogen-bond acceptors (Lipinski definition) is 6. The zero-order valence-electron chi connectivity index (χ0n) is 11.3. The van der Waals surface area contributed by atoms with Crippen molar-refractivity contribution in [1.82, 2.24) is 14.9 Å². The molecule has 0 saturated carbocycles. The van der Waals surface area contributed by atoms with Crippen LogP contribution in [-0.4, -0.2) is 55.1 Å². The first-order valence-corrected chi connectivity index (χ1v) is 6.34. The van der Waals surface area contributed by atoms with Gasteiger partial charge in [0.05, 0.1) is 0 Å². The Balaban J connectivity index is 2.12. The topological polar surface area (TPSA) is 70.3 Å². The van der Waals surface area contributed by atoms with E-state index in [4.69, 9.17) is 5.73 Å². The molecule has 1 aliphatic rings. The van der Waals surface area contributed by atoms with E-state index in [0.717, 1.165) is 37.6 Å². The molecule has 0 aromatic carbocycles. The summed E-state index contributed by atoms with van der Waals surface area (Å²) in [6.07, 6.45) is 2.32. The van der Waals surface area contributed by atoms with Gasteiger partial charge in [0.2, 0.25) is 5.95 Å². The summed E-state index contributed by atoms with van der Waals surface area (Å²) >= 11 is 0. The van der Waals surface area contributed by atoms with Crippen molar-refractivity contribution in [3.63, 3.8) is 0 Å². The van der Waals surface area contributed by atoms with Crippen molar-refractivity contribution in [3.8, 4) is 0 Å². The van der Waals surface area contributed by atoms with Crippen molar-refractivity contribution < 1.29 is 0 Å². The molecule has 2 rings (SSSR count). The number of likely N-dealkylation sites (tertiary alicyclic amines) is 1. The fourth-order valence-electron chi connectivity index (χ4n) is 2.33. The number of rotatable bonds is 3. The molecule has 1 aromatic heterocycles. The maximum atomic E-state index is 5.73. The van der Waals surface area contributed by atoms with Crippen molar-refractivity contribution in [1.29, 1.82) is 0 Å². The molecule has 0 radical (unpaired) electrons. The van der Waals surface area contributed by atoms with E-state index in [0.29, 0.717) is 12.0 Å². The summed E-state index contributed by atoms with van der Waals surface area (Å²) in [7, 11) is 6.08. The smallest absolute Gasteiger partial charge is 0.223 e. The minimum Gasteiger partial charge on any atom is -0.373 e. The molecule has 6 nitrogen and oxygen atoms in total. The molecule has 0 bridgehead atoms. The van der Waals surface area contributed by atoms with Gasteiger partial charge in [-0.15, -0.1) is 0 Å². The Kier molecular flexibility index (Phi) is 3.86. The highest BCUT2D eigenvalue weighted by atomic mass is 15.2. The van der Waals surface area contributed by atoms with E-state index in [-0.39, 0.29) is 0 Å². The third kappa shape index (κ3) is 2.81. The van der Waals surface area contributed by atoms with Crippen LogP contribution in [0.3, 0.4) is 0 Å². The number of piperidine rings is 1. The lowest BCUT2D eigenvalue weighted by atomic mass is 10.0. The van der Waals surface area contributed by atoms with Crippen LogP contribution in [0.2, 0.25) is 0 Å². The molecular weight excluding hydrogens is 228 g/mol. The standard InChI is InChI=1S/C12H22N6/c1-14-10-8-11(16-12(13)15-10)18(3)9-4-6-17(2)7-5-9/h8-9H,4-7H2,1-3H3,(H3,13,14,15,16). The summed E-state index contributed by atoms with van der Waals surface area (Å²) in [6.45, 7) is 2.27. The SMILES string of the molecule is CNc1cc(N(C)C2CCN(C)CC2)nc(N)n1. The lowest BCUT2D eigenvalue weighted by Gasteiger charge is -2.35. The van der Waals surface area contributed by atoms with E-state index in [1.54, 1.807) is 0 Å². The van der Waals surface area contributed by atoms with Crippen LogP contribution in [0.5, 0.6) is 0 Å². The van der Waals surface area contributed by atoms with Gasteiger partial charge in [0, 0.05) is 26.2 Å². The molecule has 100 valence electrons. The highest BCUT2D eigenvalue weighted by Crippen LogP contribution is 2.22. The lowest BCUT2D eigenvalue weighted by Crippen LogP contribution is -2.42. The summed E-state index contributed by atoms with van der Waals surface area (Å²) in [5.74, 6) is 1.97. The summed E-state index contributed by atoms with van der Waals surface area (Å²) in [5, 5.41) is 3.01. The van der Waals surface area contributed by atoms with Gasteiger partial charge in [-0.1, -0.05) is 0 Å². The zero-order valence-corrected chi connectivity index (χ0v) is 11.3. The number of nitrogen functional groups attached to an aromatic ring is 1. The van der Waals surface area contributed by atoms with Crippen LogP contribution < -0.4 is 16.0 Å². The van der Waals surface area contributed by atoms with Crippen molar-refractivity contribution in [2.45, 2.75) is 18.9 Å². The third-order valence-corrected chi connectivity index (χ3v) is 3.58. The molecule has 0 spiro atoms. The van der Waals surface area contributed by atoms with Crippen LogP contribution in [0.25, 0.3) is 0 Å². The molecule has 2 heterocycles. The Morgan fingerprint density at radius 3 is 2.67 bits per heavy atom. The second kappa shape index (κ2) is 5.39. The van der Waals surface area contributed by atoms with Gasteiger partial charge in [-0.3, -0.25) is 0 Å². The van der Waals surface area contributed by atoms with Gasteiger partial charge in [-0.25, -0.2) is 0 Å². The molecule has 1 aromatic rings. The average molecular weight is 250 g/mol. The van der Waals surface area contributed by atoms with E-state index in [1.165, 1.54) is 0 Å². The van der Waals surface area contributed by atoms with Crippen LogP contribution in [0.4, 0.5) is 17.6 Å². The maximum Gasteiger partial charge on any atom is 0.223 e. The molecule has 1 fully saturated rings. The number of nitrogens with two attached hydrogens (primary N) is 1. The molecule has 0 atom stereocenters. The number of nitrogens with zero attached hydrogens (tertiary/aromatic N) is 4. The van der Waals surface area contributed by atoms with Gasteiger partial charge in [-0.2, -0.15) is 9.97 Å². The first kappa shape index (κ1) is 12.9. The number of aromatic nitrogens is 2. The van der Waals surface area contributed by atoms with E-state index >= 15 is 0 Å². The van der Waals surface area contributed by atoms with E-state index in [9.17, 15) is 0 Å². The predicted octanol–water partition coefficient (Wildman–Crippen LogP) is 0.631. The molecule has 3 N–H and O–H groups in total. The minimum absolute atomic E-state index is 0.316. The fourth-order valence-corrected chi connectivity index (χ4v) is 2.33. The van der Waals surface area contributed by atoms with Crippen LogP contribution in [0.1, 0.15) is 12.8 Å². The van der Waals surface area contributed by atoms with Gasteiger partial charge in [0.15, 0.2) is 0 Å². The Morgan fingerprint density at radius 2 is 2.06 bits per heavy atom. The van der Waals surface area contributed by atoms with Gasteiger partial charge < -0.3 is 20.9 Å². The summed E-state index contributed by atoms with van der Waals surface area (Å²) in [6, 6.07) is 2.47. The van der Waals surface area contributed by atoms with Crippen molar-refractivity contribution in [2.75, 3.05) is 50.2 Å². The lowest BCUT2D eigenvalue weighted by molar-refractivity contribution is 0.252. The zero-order chi connectivity index (χ0) is 13.1. The molecule has 1 saturated heterocycles. The van der Waals surface area contributed by atoms with E-state index in [2.05, 4.69) is 39.2 Å². The second-order valence-corrected chi connectivity index (χ2v) is 4.86. The van der Waals surface area contributed by atoms with Gasteiger partial charge >= 0.3 is 0 Å². The maximum absolute atomic E-state index is 5.73. The Morgan fingerprint density at radius 1 is 1.39 bits per heavy atom. The largest absolute Gasteiger partial charge is 0.373 e. The Hall–Kier alpha value is -1.56. The Bertz CT molecular complexity index is 400. The summed E-state index contributed by atoms with van der Waals surface area (Å²) in [5.41, 5.74) is 5.73. The monoisotopic (exact) mass is 250 g/mol. The van der Waals surface area contributed by atoms with Crippen LogP contribution in [0.15, 0.2) is 6.07 Å². The first-order chi connectivity index (χ1) is 8.60. The van der Waals surface area contributed by atoms with Gasteiger partial charge in [0.1, 0.15) is 11.6 Å². The normalized spacial score (nSPS) is 17.7. The third-order valence-electron chi connectivity index (χ3n) is 3.58. The van der Waals surface area contributed by atoms with Crippen molar-refractivity contribution >= 4 is 17.6 Å². The highest BCUT2D eigenvalue weighted by molar-refractivity contribution is 5.52. The van der Waals surface area contributed by atoms with Crippen LogP contribution in [-0.2, 0) is 0 Å². The quantitative estimate of drug-likeness (QED) is 0.820. The van der Waals surface area contributed by atoms with Crippen molar-refractivity contribution in [2.24, 2.45) is 0 Å². The summed E-state index contributed by atoms with van der Waals surface area (Å²) in [4.78, 5) is 13.0. The second-order valence-electron chi connectivity index (χ2n) is 4.86.